The fourth-order valence-corrected chi connectivity index (χ4v) is 2.78. The van der Waals surface area contributed by atoms with E-state index in [1.807, 2.05) is 0 Å². The highest BCUT2D eigenvalue weighted by Crippen LogP contribution is 2.32. The molecule has 0 bridgehead atoms. The molecule has 1 aromatic rings. The van der Waals surface area contributed by atoms with Gasteiger partial charge in [0.15, 0.2) is 0 Å². The van der Waals surface area contributed by atoms with Crippen molar-refractivity contribution >= 4 is 17.4 Å². The Kier molecular flexibility index (Phi) is 4.78. The van der Waals surface area contributed by atoms with Gasteiger partial charge >= 0.3 is 6.18 Å². The Labute approximate surface area is 121 Å². The molecule has 2 rings (SSSR count). The van der Waals surface area contributed by atoms with Gasteiger partial charge in [-0.2, -0.15) is 13.2 Å². The van der Waals surface area contributed by atoms with E-state index in [9.17, 15) is 13.2 Å². The molecule has 2 nitrogen and oxygen atoms in total. The number of pyridine rings is 1. The zero-order chi connectivity index (χ0) is 14.8. The highest BCUT2D eigenvalue weighted by Gasteiger charge is 2.31. The molecule has 2 atom stereocenters. The van der Waals surface area contributed by atoms with Crippen LogP contribution in [0.4, 0.5) is 19.0 Å². The van der Waals surface area contributed by atoms with Gasteiger partial charge in [0, 0.05) is 6.04 Å². The molecule has 112 valence electrons. The first-order chi connectivity index (χ1) is 9.34. The van der Waals surface area contributed by atoms with Crippen molar-refractivity contribution in [2.75, 3.05) is 5.32 Å². The van der Waals surface area contributed by atoms with E-state index in [0.717, 1.165) is 37.8 Å². The van der Waals surface area contributed by atoms with Crippen LogP contribution in [0.15, 0.2) is 12.1 Å². The monoisotopic (exact) mass is 306 g/mol. The largest absolute Gasteiger partial charge is 0.416 e. The van der Waals surface area contributed by atoms with Crippen molar-refractivity contribution in [2.24, 2.45) is 5.92 Å². The topological polar surface area (TPSA) is 24.9 Å². The number of rotatable bonds is 2. The SMILES string of the molecule is CC1CCCC(Nc2cc(C(F)(F)F)cc(Cl)n2)CC1. The van der Waals surface area contributed by atoms with Gasteiger partial charge in [-0.05, 0) is 37.3 Å². The number of hydrogen-bond acceptors (Lipinski definition) is 2. The molecule has 1 aliphatic carbocycles. The average molecular weight is 307 g/mol. The van der Waals surface area contributed by atoms with Crippen LogP contribution in [0.2, 0.25) is 5.15 Å². The minimum Gasteiger partial charge on any atom is -0.367 e. The number of anilines is 1. The Morgan fingerprint density at radius 2 is 1.95 bits per heavy atom. The molecule has 0 spiro atoms. The number of nitrogens with zero attached hydrogens (tertiary/aromatic N) is 1. The molecule has 0 amide bonds. The van der Waals surface area contributed by atoms with Gasteiger partial charge in [-0.3, -0.25) is 0 Å². The third-order valence-corrected chi connectivity index (χ3v) is 3.92. The quantitative estimate of drug-likeness (QED) is 0.605. The van der Waals surface area contributed by atoms with Gasteiger partial charge in [0.05, 0.1) is 5.56 Å². The second-order valence-electron chi connectivity index (χ2n) is 5.52. The number of nitrogens with one attached hydrogen (secondary N) is 1. The molecule has 0 aliphatic heterocycles. The molecule has 0 saturated heterocycles. The predicted molar refractivity (Wildman–Crippen MR) is 73.9 cm³/mol. The van der Waals surface area contributed by atoms with Gasteiger partial charge in [-0.25, -0.2) is 4.98 Å². The van der Waals surface area contributed by atoms with E-state index in [4.69, 9.17) is 11.6 Å². The van der Waals surface area contributed by atoms with E-state index < -0.39 is 11.7 Å². The number of halogens is 4. The Morgan fingerprint density at radius 1 is 1.20 bits per heavy atom. The third kappa shape index (κ3) is 4.27. The summed E-state index contributed by atoms with van der Waals surface area (Å²) in [5, 5.41) is 2.96. The molecule has 1 N–H and O–H groups in total. The fourth-order valence-electron chi connectivity index (χ4n) is 2.58. The van der Waals surface area contributed by atoms with Crippen molar-refractivity contribution < 1.29 is 13.2 Å². The van der Waals surface area contributed by atoms with Crippen LogP contribution >= 0.6 is 11.6 Å². The van der Waals surface area contributed by atoms with E-state index in [1.165, 1.54) is 6.42 Å². The van der Waals surface area contributed by atoms with Gasteiger partial charge in [-0.15, -0.1) is 0 Å². The standard InChI is InChI=1S/C14H18ClF3N2/c1-9-3-2-4-11(6-5-9)19-13-8-10(14(16,17)18)7-12(15)20-13/h7-9,11H,2-6H2,1H3,(H,19,20). The summed E-state index contributed by atoms with van der Waals surface area (Å²) in [4.78, 5) is 3.95. The first-order valence-electron chi connectivity index (χ1n) is 6.86. The highest BCUT2D eigenvalue weighted by molar-refractivity contribution is 6.29. The van der Waals surface area contributed by atoms with Crippen LogP contribution in [0.1, 0.15) is 44.6 Å². The number of alkyl halides is 3. The summed E-state index contributed by atoms with van der Waals surface area (Å²) in [5.41, 5.74) is -0.762. The number of hydrogen-bond donors (Lipinski definition) is 1. The molecule has 1 aliphatic rings. The van der Waals surface area contributed by atoms with E-state index >= 15 is 0 Å². The van der Waals surface area contributed by atoms with Gasteiger partial charge < -0.3 is 5.32 Å². The lowest BCUT2D eigenvalue weighted by molar-refractivity contribution is -0.137. The summed E-state index contributed by atoms with van der Waals surface area (Å²) in [7, 11) is 0. The summed E-state index contributed by atoms with van der Waals surface area (Å²) in [5.74, 6) is 0.893. The van der Waals surface area contributed by atoms with E-state index in [1.54, 1.807) is 0 Å². The minimum absolute atomic E-state index is 0.135. The molecule has 1 aromatic heterocycles. The fraction of sp³-hybridized carbons (Fsp3) is 0.643. The molecule has 0 aromatic carbocycles. The van der Waals surface area contributed by atoms with E-state index in [2.05, 4.69) is 17.2 Å². The highest BCUT2D eigenvalue weighted by atomic mass is 35.5. The Morgan fingerprint density at radius 3 is 2.65 bits per heavy atom. The zero-order valence-corrected chi connectivity index (χ0v) is 12.1. The molecule has 1 heterocycles. The first kappa shape index (κ1) is 15.4. The predicted octanol–water partition coefficient (Wildman–Crippen LogP) is 5.13. The van der Waals surface area contributed by atoms with Crippen molar-refractivity contribution in [2.45, 2.75) is 51.2 Å². The van der Waals surface area contributed by atoms with Crippen LogP contribution in [0, 0.1) is 5.92 Å². The lowest BCUT2D eigenvalue weighted by Gasteiger charge is -2.18. The van der Waals surface area contributed by atoms with Gasteiger partial charge in [0.25, 0.3) is 0 Å². The van der Waals surface area contributed by atoms with Crippen LogP contribution < -0.4 is 5.32 Å². The van der Waals surface area contributed by atoms with Crippen LogP contribution in [-0.4, -0.2) is 11.0 Å². The van der Waals surface area contributed by atoms with Crippen LogP contribution in [0.3, 0.4) is 0 Å². The third-order valence-electron chi connectivity index (χ3n) is 3.73. The van der Waals surface area contributed by atoms with Gasteiger partial charge in [-0.1, -0.05) is 31.4 Å². The lowest BCUT2D eigenvalue weighted by Crippen LogP contribution is -2.20. The maximum Gasteiger partial charge on any atom is 0.416 e. The molecular weight excluding hydrogens is 289 g/mol. The maximum atomic E-state index is 12.7. The minimum atomic E-state index is -4.40. The number of aromatic nitrogens is 1. The van der Waals surface area contributed by atoms with Crippen molar-refractivity contribution in [1.82, 2.24) is 4.98 Å². The molecule has 1 saturated carbocycles. The molecule has 20 heavy (non-hydrogen) atoms. The lowest BCUT2D eigenvalue weighted by atomic mass is 10.0. The Hall–Kier alpha value is -0.970. The van der Waals surface area contributed by atoms with Gasteiger partial charge in [0.2, 0.25) is 0 Å². The summed E-state index contributed by atoms with van der Waals surface area (Å²) in [6.07, 6.45) is 0.864. The Bertz CT molecular complexity index is 462. The van der Waals surface area contributed by atoms with Crippen LogP contribution in [0.5, 0.6) is 0 Å². The van der Waals surface area contributed by atoms with E-state index in [-0.39, 0.29) is 17.0 Å². The zero-order valence-electron chi connectivity index (χ0n) is 11.3. The normalized spacial score (nSPS) is 24.2. The van der Waals surface area contributed by atoms with Crippen molar-refractivity contribution in [3.63, 3.8) is 0 Å². The summed E-state index contributed by atoms with van der Waals surface area (Å²) >= 11 is 5.68. The molecule has 6 heteroatoms. The van der Waals surface area contributed by atoms with E-state index in [0.29, 0.717) is 5.92 Å². The molecule has 1 fully saturated rings. The molecule has 2 unspecified atom stereocenters. The van der Waals surface area contributed by atoms with Gasteiger partial charge in [0.1, 0.15) is 11.0 Å². The Balaban J connectivity index is 2.11. The summed E-state index contributed by atoms with van der Waals surface area (Å²) in [6.45, 7) is 2.21. The van der Waals surface area contributed by atoms with Crippen molar-refractivity contribution in [1.29, 1.82) is 0 Å². The average Bonchev–Trinajstić information content (AvgIpc) is 2.53. The summed E-state index contributed by atoms with van der Waals surface area (Å²) in [6, 6.07) is 2.05. The maximum absolute atomic E-state index is 12.7. The van der Waals surface area contributed by atoms with Crippen molar-refractivity contribution in [3.05, 3.63) is 22.8 Å². The van der Waals surface area contributed by atoms with Crippen molar-refractivity contribution in [3.8, 4) is 0 Å². The summed E-state index contributed by atoms with van der Waals surface area (Å²) < 4.78 is 38.2. The molecular formula is C14H18ClF3N2. The van der Waals surface area contributed by atoms with Crippen LogP contribution in [0.25, 0.3) is 0 Å². The second-order valence-corrected chi connectivity index (χ2v) is 5.90. The second kappa shape index (κ2) is 6.20. The first-order valence-corrected chi connectivity index (χ1v) is 7.23. The van der Waals surface area contributed by atoms with Crippen LogP contribution in [-0.2, 0) is 6.18 Å². The smallest absolute Gasteiger partial charge is 0.367 e. The molecule has 0 radical (unpaired) electrons.